The minimum Gasteiger partial charge on any atom is -0.442 e. The average Bonchev–Trinajstić information content (AvgIpc) is 3.29. The van der Waals surface area contributed by atoms with Crippen molar-refractivity contribution in [2.75, 3.05) is 4.31 Å². The monoisotopic (exact) mass is 453 g/mol. The Balaban J connectivity index is 1.79. The van der Waals surface area contributed by atoms with Gasteiger partial charge in [-0.15, -0.1) is 11.3 Å². The van der Waals surface area contributed by atoms with Gasteiger partial charge >= 0.3 is 6.09 Å². The summed E-state index contributed by atoms with van der Waals surface area (Å²) in [7, 11) is 0. The summed E-state index contributed by atoms with van der Waals surface area (Å²) in [4.78, 5) is 17.2. The predicted octanol–water partition coefficient (Wildman–Crippen LogP) is 4.46. The zero-order chi connectivity index (χ0) is 20.9. The van der Waals surface area contributed by atoms with Crippen LogP contribution in [0.4, 0.5) is 16.3 Å². The van der Waals surface area contributed by atoms with Crippen molar-refractivity contribution in [3.05, 3.63) is 41.1 Å². The number of thiazole rings is 1. The third-order valence-electron chi connectivity index (χ3n) is 3.90. The molecule has 152 valence electrons. The van der Waals surface area contributed by atoms with Gasteiger partial charge in [0.15, 0.2) is 15.9 Å². The van der Waals surface area contributed by atoms with Gasteiger partial charge in [-0.3, -0.25) is 8.95 Å². The van der Waals surface area contributed by atoms with E-state index in [1.807, 2.05) is 0 Å². The van der Waals surface area contributed by atoms with E-state index in [0.29, 0.717) is 21.6 Å². The second-order valence-electron chi connectivity index (χ2n) is 7.09. The molecule has 1 unspecified atom stereocenters. The number of hydrogen-bond acceptors (Lipinski definition) is 6. The Bertz CT molecular complexity index is 1260. The molecule has 0 aliphatic rings. The van der Waals surface area contributed by atoms with Crippen LogP contribution in [0.2, 0.25) is 5.15 Å². The Morgan fingerprint density at radius 2 is 2.14 bits per heavy atom. The van der Waals surface area contributed by atoms with Crippen molar-refractivity contribution < 1.29 is 18.3 Å². The predicted molar refractivity (Wildman–Crippen MR) is 112 cm³/mol. The van der Waals surface area contributed by atoms with E-state index in [4.69, 9.17) is 16.3 Å². The van der Waals surface area contributed by atoms with Gasteiger partial charge in [0.05, 0.1) is 17.4 Å². The molecule has 0 aliphatic carbocycles. The molecule has 3 aromatic heterocycles. The van der Waals surface area contributed by atoms with Crippen LogP contribution in [-0.4, -0.2) is 39.6 Å². The van der Waals surface area contributed by atoms with E-state index >= 15 is 0 Å². The third kappa shape index (κ3) is 3.62. The normalized spacial score (nSPS) is 13.1. The van der Waals surface area contributed by atoms with E-state index < -0.39 is 23.0 Å². The van der Waals surface area contributed by atoms with Crippen LogP contribution < -0.4 is 4.31 Å². The molecule has 0 bridgehead atoms. The van der Waals surface area contributed by atoms with Crippen molar-refractivity contribution in [3.8, 4) is 0 Å². The maximum atomic E-state index is 12.4. The van der Waals surface area contributed by atoms with Crippen molar-refractivity contribution in [1.82, 2.24) is 19.2 Å². The second kappa shape index (κ2) is 7.10. The quantitative estimate of drug-likeness (QED) is 0.459. The van der Waals surface area contributed by atoms with Crippen molar-refractivity contribution in [2.45, 2.75) is 26.4 Å². The molecule has 4 rings (SSSR count). The van der Waals surface area contributed by atoms with Gasteiger partial charge < -0.3 is 4.74 Å². The van der Waals surface area contributed by atoms with E-state index in [1.54, 1.807) is 54.9 Å². The number of imidazole rings is 1. The van der Waals surface area contributed by atoms with Gasteiger partial charge in [-0.2, -0.15) is 9.78 Å². The van der Waals surface area contributed by atoms with E-state index in [2.05, 4.69) is 10.1 Å². The minimum atomic E-state index is -2.42. The van der Waals surface area contributed by atoms with Gasteiger partial charge in [0.25, 0.3) is 11.3 Å². The molecule has 1 aromatic carbocycles. The summed E-state index contributed by atoms with van der Waals surface area (Å²) in [6, 6.07) is 4.86. The van der Waals surface area contributed by atoms with Crippen LogP contribution in [-0.2, 0) is 16.0 Å². The summed E-state index contributed by atoms with van der Waals surface area (Å²) in [6.45, 7) is 5.30. The number of fused-ring (bicyclic) bond motifs is 2. The van der Waals surface area contributed by atoms with Crippen molar-refractivity contribution in [1.29, 1.82) is 0 Å². The molecule has 0 saturated heterocycles. The van der Waals surface area contributed by atoms with Crippen LogP contribution in [0.15, 0.2) is 36.0 Å². The highest BCUT2D eigenvalue weighted by Crippen LogP contribution is 2.36. The van der Waals surface area contributed by atoms with Crippen LogP contribution >= 0.6 is 22.9 Å². The number of ether oxygens (including phenoxy) is 1. The fraction of sp³-hybridized carbons (Fsp3) is 0.235. The summed E-state index contributed by atoms with van der Waals surface area (Å²) in [5.74, 6) is 0.266. The number of hydrogen-bond donors (Lipinski definition) is 1. The lowest BCUT2D eigenvalue weighted by Crippen LogP contribution is -2.27. The Hall–Kier alpha value is -2.47. The first-order chi connectivity index (χ1) is 13.7. The standard InChI is InChI=1S/C17H16ClN5O4S2/c1-17(2,3)27-16(24)22-12-5-4-11(8-10(12)9-19-22)23(29(25)26)14-13(18)20-15-21(14)6-7-28-15/h4-9H,1-3H3,(H,25,26). The fourth-order valence-corrected chi connectivity index (χ4v) is 4.49. The molecule has 1 N–H and O–H groups in total. The van der Waals surface area contributed by atoms with E-state index in [-0.39, 0.29) is 11.0 Å². The van der Waals surface area contributed by atoms with Crippen LogP contribution in [0.5, 0.6) is 0 Å². The Morgan fingerprint density at radius 1 is 1.38 bits per heavy atom. The summed E-state index contributed by atoms with van der Waals surface area (Å²) in [5, 5.41) is 6.58. The number of nitrogens with zero attached hydrogens (tertiary/aromatic N) is 5. The Kier molecular flexibility index (Phi) is 4.85. The van der Waals surface area contributed by atoms with Crippen molar-refractivity contribution >= 4 is 67.7 Å². The topological polar surface area (TPSA) is 102 Å². The zero-order valence-electron chi connectivity index (χ0n) is 15.6. The van der Waals surface area contributed by atoms with E-state index in [1.165, 1.54) is 17.5 Å². The van der Waals surface area contributed by atoms with E-state index in [0.717, 1.165) is 8.99 Å². The summed E-state index contributed by atoms with van der Waals surface area (Å²) >= 11 is 5.17. The molecule has 0 amide bonds. The number of carbonyl (C=O) groups is 1. The first-order valence-corrected chi connectivity index (χ1v) is 10.7. The molecule has 1 atom stereocenters. The van der Waals surface area contributed by atoms with Crippen molar-refractivity contribution in [2.24, 2.45) is 0 Å². The van der Waals surface area contributed by atoms with Crippen LogP contribution in [0, 0.1) is 0 Å². The van der Waals surface area contributed by atoms with Crippen LogP contribution in [0.3, 0.4) is 0 Å². The molecule has 0 spiro atoms. The molecule has 0 radical (unpaired) electrons. The molecule has 3 heterocycles. The maximum Gasteiger partial charge on any atom is 0.435 e. The smallest absolute Gasteiger partial charge is 0.435 e. The fourth-order valence-electron chi connectivity index (χ4n) is 2.81. The molecule has 0 aliphatic heterocycles. The number of benzene rings is 1. The zero-order valence-corrected chi connectivity index (χ0v) is 18.0. The van der Waals surface area contributed by atoms with Gasteiger partial charge in [-0.25, -0.2) is 18.3 Å². The van der Waals surface area contributed by atoms with Gasteiger partial charge in [0.2, 0.25) is 0 Å². The van der Waals surface area contributed by atoms with Gasteiger partial charge in [-0.05, 0) is 39.0 Å². The SMILES string of the molecule is CC(C)(C)OC(=O)n1ncc2cc(N(c3c(Cl)nc4sccn34)S(=O)O)ccc21. The molecule has 0 saturated carbocycles. The lowest BCUT2D eigenvalue weighted by atomic mass is 10.2. The highest BCUT2D eigenvalue weighted by Gasteiger charge is 2.25. The Labute approximate surface area is 176 Å². The lowest BCUT2D eigenvalue weighted by molar-refractivity contribution is 0.0522. The minimum absolute atomic E-state index is 0.101. The number of rotatable bonds is 3. The summed E-state index contributed by atoms with van der Waals surface area (Å²) in [5.41, 5.74) is 0.230. The average molecular weight is 454 g/mol. The molecular weight excluding hydrogens is 438 g/mol. The van der Waals surface area contributed by atoms with Crippen molar-refractivity contribution in [3.63, 3.8) is 0 Å². The number of carbonyl (C=O) groups excluding carboxylic acids is 1. The summed E-state index contributed by atoms with van der Waals surface area (Å²) in [6.07, 6.45) is 2.59. The third-order valence-corrected chi connectivity index (χ3v) is 5.60. The second-order valence-corrected chi connectivity index (χ2v) is 9.14. The van der Waals surface area contributed by atoms with Crippen LogP contribution in [0.1, 0.15) is 20.8 Å². The molecular formula is C17H16ClN5O4S2. The number of anilines is 2. The highest BCUT2D eigenvalue weighted by molar-refractivity contribution is 7.81. The first kappa shape index (κ1) is 19.8. The van der Waals surface area contributed by atoms with Gasteiger partial charge in [0, 0.05) is 17.0 Å². The number of aromatic nitrogens is 4. The highest BCUT2D eigenvalue weighted by atomic mass is 35.5. The maximum absolute atomic E-state index is 12.4. The van der Waals surface area contributed by atoms with Gasteiger partial charge in [0.1, 0.15) is 5.60 Å². The summed E-state index contributed by atoms with van der Waals surface area (Å²) < 4.78 is 31.4. The first-order valence-electron chi connectivity index (χ1n) is 8.39. The molecule has 9 nitrogen and oxygen atoms in total. The van der Waals surface area contributed by atoms with Crippen LogP contribution in [0.25, 0.3) is 15.9 Å². The Morgan fingerprint density at radius 3 is 2.83 bits per heavy atom. The molecule has 29 heavy (non-hydrogen) atoms. The molecule has 4 aromatic rings. The van der Waals surface area contributed by atoms with E-state index in [9.17, 15) is 13.6 Å². The largest absolute Gasteiger partial charge is 0.442 e. The molecule has 12 heteroatoms. The molecule has 0 fully saturated rings. The lowest BCUT2D eigenvalue weighted by Gasteiger charge is -2.20. The van der Waals surface area contributed by atoms with Gasteiger partial charge in [-0.1, -0.05) is 11.6 Å². The number of halogens is 1.